The van der Waals surface area contributed by atoms with Crippen LogP contribution in [0, 0.1) is 11.8 Å². The number of piperidine rings is 1. The van der Waals surface area contributed by atoms with E-state index in [0.29, 0.717) is 5.92 Å². The van der Waals surface area contributed by atoms with E-state index in [1.165, 1.54) is 32.4 Å². The number of nitrogens with one attached hydrogen (secondary N) is 2. The molecule has 3 N–H and O–H groups in total. The van der Waals surface area contributed by atoms with Gasteiger partial charge in [-0.05, 0) is 71.0 Å². The summed E-state index contributed by atoms with van der Waals surface area (Å²) in [5.74, 6) is 2.28. The predicted octanol–water partition coefficient (Wildman–Crippen LogP) is 2.69. The lowest BCUT2D eigenvalue weighted by molar-refractivity contribution is 0.213. The minimum Gasteiger partial charge on any atom is -0.396 e. The van der Waals surface area contributed by atoms with Crippen LogP contribution in [0.2, 0.25) is 0 Å². The smallest absolute Gasteiger partial charge is 0.191 e. The maximum absolute atomic E-state index is 9.15. The maximum atomic E-state index is 9.15. The third-order valence-corrected chi connectivity index (χ3v) is 4.77. The van der Waals surface area contributed by atoms with Crippen LogP contribution in [0.25, 0.3) is 0 Å². The minimum atomic E-state index is 0. The molecule has 1 atom stereocenters. The zero-order valence-corrected chi connectivity index (χ0v) is 18.2. The normalized spacial score (nSPS) is 18.1. The lowest BCUT2D eigenvalue weighted by Crippen LogP contribution is -2.39. The van der Waals surface area contributed by atoms with Crippen LogP contribution in [0.4, 0.5) is 0 Å². The highest BCUT2D eigenvalue weighted by Gasteiger charge is 2.16. The Bertz CT molecular complexity index is 314. The number of guanidine groups is 1. The highest BCUT2D eigenvalue weighted by atomic mass is 127. The van der Waals surface area contributed by atoms with Crippen molar-refractivity contribution >= 4 is 29.9 Å². The van der Waals surface area contributed by atoms with E-state index in [0.717, 1.165) is 50.8 Å². The predicted molar refractivity (Wildman–Crippen MR) is 114 cm³/mol. The fourth-order valence-corrected chi connectivity index (χ4v) is 3.23. The van der Waals surface area contributed by atoms with Gasteiger partial charge in [-0.1, -0.05) is 13.3 Å². The number of hydrogen-bond acceptors (Lipinski definition) is 3. The molecule has 0 amide bonds. The summed E-state index contributed by atoms with van der Waals surface area (Å²) in [6.45, 7) is 9.72. The molecule has 1 saturated heterocycles. The van der Waals surface area contributed by atoms with Crippen molar-refractivity contribution < 1.29 is 5.11 Å². The Balaban J connectivity index is 0.00000529. The quantitative estimate of drug-likeness (QED) is 0.270. The number of aliphatic imine (C=N–C) groups is 1. The van der Waals surface area contributed by atoms with Crippen molar-refractivity contribution in [1.82, 2.24) is 15.5 Å². The summed E-state index contributed by atoms with van der Waals surface area (Å²) < 4.78 is 0. The zero-order valence-electron chi connectivity index (χ0n) is 15.9. The number of halogens is 1. The van der Waals surface area contributed by atoms with E-state index in [4.69, 9.17) is 10.1 Å². The summed E-state index contributed by atoms with van der Waals surface area (Å²) in [5.41, 5.74) is 0. The van der Waals surface area contributed by atoms with Crippen molar-refractivity contribution in [2.45, 2.75) is 52.4 Å². The van der Waals surface area contributed by atoms with Crippen LogP contribution >= 0.6 is 24.0 Å². The van der Waals surface area contributed by atoms with Gasteiger partial charge in [-0.15, -0.1) is 24.0 Å². The average Bonchev–Trinajstić information content (AvgIpc) is 2.54. The molecule has 1 aliphatic rings. The van der Waals surface area contributed by atoms with Crippen molar-refractivity contribution in [3.63, 3.8) is 0 Å². The summed E-state index contributed by atoms with van der Waals surface area (Å²) >= 11 is 0. The molecule has 0 aromatic rings. The fourth-order valence-electron chi connectivity index (χ4n) is 3.23. The van der Waals surface area contributed by atoms with Gasteiger partial charge in [0.05, 0.1) is 0 Å². The van der Waals surface area contributed by atoms with Gasteiger partial charge in [0.25, 0.3) is 0 Å². The first-order chi connectivity index (χ1) is 11.2. The first kappa shape index (κ1) is 23.9. The van der Waals surface area contributed by atoms with Crippen molar-refractivity contribution in [2.75, 3.05) is 46.4 Å². The lowest BCUT2D eigenvalue weighted by atomic mass is 9.94. The third kappa shape index (κ3) is 10.7. The van der Waals surface area contributed by atoms with Crippen molar-refractivity contribution in [3.05, 3.63) is 0 Å². The Morgan fingerprint density at radius 3 is 2.50 bits per heavy atom. The van der Waals surface area contributed by atoms with Crippen molar-refractivity contribution in [1.29, 1.82) is 0 Å². The van der Waals surface area contributed by atoms with E-state index < -0.39 is 0 Å². The summed E-state index contributed by atoms with van der Waals surface area (Å²) in [5, 5.41) is 16.0. The van der Waals surface area contributed by atoms with Gasteiger partial charge in [0, 0.05) is 26.2 Å². The molecule has 1 heterocycles. The van der Waals surface area contributed by atoms with Crippen molar-refractivity contribution in [2.24, 2.45) is 16.8 Å². The van der Waals surface area contributed by atoms with E-state index in [1.807, 2.05) is 0 Å². The van der Waals surface area contributed by atoms with Gasteiger partial charge in [0.15, 0.2) is 5.96 Å². The van der Waals surface area contributed by atoms with Crippen LogP contribution in [-0.4, -0.2) is 62.3 Å². The Morgan fingerprint density at radius 2 is 1.92 bits per heavy atom. The largest absolute Gasteiger partial charge is 0.396 e. The van der Waals surface area contributed by atoms with Gasteiger partial charge in [-0.25, -0.2) is 0 Å². The summed E-state index contributed by atoms with van der Waals surface area (Å²) in [7, 11) is 2.21. The van der Waals surface area contributed by atoms with E-state index in [-0.39, 0.29) is 30.6 Å². The SMILES string of the molecule is CCCC(CCO)CN=C(NCC)NCCC1CCN(C)CC1.I. The number of aliphatic hydroxyl groups excluding tert-OH is 1. The second-order valence-corrected chi connectivity index (χ2v) is 6.85. The average molecular weight is 454 g/mol. The molecule has 24 heavy (non-hydrogen) atoms. The molecule has 1 aliphatic heterocycles. The van der Waals surface area contributed by atoms with Gasteiger partial charge >= 0.3 is 0 Å². The van der Waals surface area contributed by atoms with Crippen LogP contribution in [0.5, 0.6) is 0 Å². The summed E-state index contributed by atoms with van der Waals surface area (Å²) in [4.78, 5) is 7.14. The second-order valence-electron chi connectivity index (χ2n) is 6.85. The van der Waals surface area contributed by atoms with Crippen LogP contribution in [-0.2, 0) is 0 Å². The van der Waals surface area contributed by atoms with E-state index in [1.54, 1.807) is 0 Å². The molecule has 0 aliphatic carbocycles. The molecule has 0 bridgehead atoms. The van der Waals surface area contributed by atoms with Gasteiger partial charge in [-0.2, -0.15) is 0 Å². The van der Waals surface area contributed by atoms with Gasteiger partial charge in [0.2, 0.25) is 0 Å². The number of nitrogens with zero attached hydrogens (tertiary/aromatic N) is 2. The Hall–Kier alpha value is -0.0800. The first-order valence-corrected chi connectivity index (χ1v) is 9.51. The number of aliphatic hydroxyl groups is 1. The van der Waals surface area contributed by atoms with E-state index >= 15 is 0 Å². The van der Waals surface area contributed by atoms with Crippen LogP contribution in [0.1, 0.15) is 52.4 Å². The molecule has 0 aromatic carbocycles. The van der Waals surface area contributed by atoms with Crippen molar-refractivity contribution in [3.8, 4) is 0 Å². The molecular formula is C18H39IN4O. The van der Waals surface area contributed by atoms with E-state index in [9.17, 15) is 0 Å². The summed E-state index contributed by atoms with van der Waals surface area (Å²) in [6, 6.07) is 0. The number of likely N-dealkylation sites (tertiary alicyclic amines) is 1. The van der Waals surface area contributed by atoms with Crippen LogP contribution < -0.4 is 10.6 Å². The second kappa shape index (κ2) is 15.2. The molecular weight excluding hydrogens is 415 g/mol. The maximum Gasteiger partial charge on any atom is 0.191 e. The highest BCUT2D eigenvalue weighted by Crippen LogP contribution is 2.18. The molecule has 6 heteroatoms. The molecule has 1 fully saturated rings. The molecule has 0 saturated carbocycles. The van der Waals surface area contributed by atoms with Gasteiger partial charge < -0.3 is 20.6 Å². The van der Waals surface area contributed by atoms with Crippen LogP contribution in [0.15, 0.2) is 4.99 Å². The van der Waals surface area contributed by atoms with E-state index in [2.05, 4.69) is 36.4 Å². The molecule has 1 rings (SSSR count). The first-order valence-electron chi connectivity index (χ1n) is 9.51. The fraction of sp³-hybridized carbons (Fsp3) is 0.944. The molecule has 144 valence electrons. The highest BCUT2D eigenvalue weighted by molar-refractivity contribution is 14.0. The molecule has 0 aromatic heterocycles. The molecule has 0 radical (unpaired) electrons. The van der Waals surface area contributed by atoms with Gasteiger partial charge in [0.1, 0.15) is 0 Å². The minimum absolute atomic E-state index is 0. The zero-order chi connectivity index (χ0) is 16.9. The Morgan fingerprint density at radius 1 is 1.21 bits per heavy atom. The molecule has 0 spiro atoms. The monoisotopic (exact) mass is 454 g/mol. The standard InChI is InChI=1S/C18H38N4O.HI/c1-4-6-17(10-14-23)15-21-18(19-5-2)20-11-7-16-8-12-22(3)13-9-16;/h16-17,23H,4-15H2,1-3H3,(H2,19,20,21);1H. The molecule has 1 unspecified atom stereocenters. The number of rotatable bonds is 10. The summed E-state index contributed by atoms with van der Waals surface area (Å²) in [6.07, 6.45) is 7.01. The Labute approximate surface area is 166 Å². The lowest BCUT2D eigenvalue weighted by Gasteiger charge is -2.29. The van der Waals surface area contributed by atoms with Crippen LogP contribution in [0.3, 0.4) is 0 Å². The Kier molecular flexibility index (Phi) is 15.1. The third-order valence-electron chi connectivity index (χ3n) is 4.77. The topological polar surface area (TPSA) is 59.9 Å². The number of hydrogen-bond donors (Lipinski definition) is 3. The van der Waals surface area contributed by atoms with Gasteiger partial charge in [-0.3, -0.25) is 4.99 Å². The molecule has 5 nitrogen and oxygen atoms in total.